The summed E-state index contributed by atoms with van der Waals surface area (Å²) >= 11 is 0. The van der Waals surface area contributed by atoms with Crippen molar-refractivity contribution in [2.45, 2.75) is 90.3 Å². The molecule has 0 heterocycles. The minimum Gasteiger partial charge on any atom is -0.491 e. The van der Waals surface area contributed by atoms with Crippen molar-refractivity contribution >= 4 is 0 Å². The van der Waals surface area contributed by atoms with Gasteiger partial charge < -0.3 is 9.84 Å². The molecular formula is C21H34O2. The van der Waals surface area contributed by atoms with E-state index in [2.05, 4.69) is 31.2 Å². The van der Waals surface area contributed by atoms with Gasteiger partial charge >= 0.3 is 0 Å². The summed E-state index contributed by atoms with van der Waals surface area (Å²) in [6.07, 6.45) is 10.0. The molecule has 0 aromatic heterocycles. The van der Waals surface area contributed by atoms with Gasteiger partial charge in [0.25, 0.3) is 0 Å². The maximum absolute atomic E-state index is 9.41. The number of rotatable bonds is 8. The first kappa shape index (κ1) is 18.3. The second-order valence-corrected chi connectivity index (χ2v) is 7.44. The van der Waals surface area contributed by atoms with Gasteiger partial charge in [-0.2, -0.15) is 0 Å². The highest BCUT2D eigenvalue weighted by Gasteiger charge is 2.22. The van der Waals surface area contributed by atoms with E-state index in [0.29, 0.717) is 6.42 Å². The number of unbranched alkanes of at least 4 members (excludes halogenated alkanes) is 1. The van der Waals surface area contributed by atoms with Crippen LogP contribution in [0.3, 0.4) is 0 Å². The summed E-state index contributed by atoms with van der Waals surface area (Å²) in [6, 6.07) is 8.66. The van der Waals surface area contributed by atoms with E-state index in [1.807, 2.05) is 6.92 Å². The quantitative estimate of drug-likeness (QED) is 0.667. The lowest BCUT2D eigenvalue weighted by atomic mass is 9.77. The lowest BCUT2D eigenvalue weighted by molar-refractivity contribution is 0.115. The molecule has 0 spiro atoms. The summed E-state index contributed by atoms with van der Waals surface area (Å²) in [5.41, 5.74) is 1.47. The largest absolute Gasteiger partial charge is 0.491 e. The fourth-order valence-corrected chi connectivity index (χ4v) is 3.86. The van der Waals surface area contributed by atoms with Crippen LogP contribution in [0.1, 0.15) is 83.6 Å². The normalized spacial score (nSPS) is 24.2. The van der Waals surface area contributed by atoms with Crippen LogP contribution in [0.25, 0.3) is 0 Å². The standard InChI is InChI=1S/C21H34O2/c1-4-5-6-18-7-9-19(10-8-18)20-11-13-21(14-12-20)23-17(3)15-16(2)22/h11-14,16-19,22H,4-10,15H2,1-3H3. The first-order chi connectivity index (χ1) is 11.1. The molecule has 2 heteroatoms. The molecule has 1 aliphatic rings. The number of hydrogen-bond donors (Lipinski definition) is 1. The Hall–Kier alpha value is -1.02. The molecule has 0 amide bonds. The summed E-state index contributed by atoms with van der Waals surface area (Å²) in [7, 11) is 0. The fourth-order valence-electron chi connectivity index (χ4n) is 3.86. The number of benzene rings is 1. The molecule has 2 unspecified atom stereocenters. The molecule has 2 nitrogen and oxygen atoms in total. The summed E-state index contributed by atoms with van der Waals surface area (Å²) in [6.45, 7) is 6.11. The minimum absolute atomic E-state index is 0.0508. The van der Waals surface area contributed by atoms with Crippen LogP contribution in [-0.2, 0) is 0 Å². The Kier molecular flexibility index (Phi) is 7.42. The Bertz CT molecular complexity index is 430. The summed E-state index contributed by atoms with van der Waals surface area (Å²) in [4.78, 5) is 0. The lowest BCUT2D eigenvalue weighted by Gasteiger charge is -2.29. The molecule has 1 aliphatic carbocycles. The number of aliphatic hydroxyl groups excluding tert-OH is 1. The Labute approximate surface area is 142 Å². The van der Waals surface area contributed by atoms with Gasteiger partial charge in [-0.25, -0.2) is 0 Å². The van der Waals surface area contributed by atoms with Crippen molar-refractivity contribution < 1.29 is 9.84 Å². The van der Waals surface area contributed by atoms with Crippen LogP contribution in [0, 0.1) is 5.92 Å². The maximum Gasteiger partial charge on any atom is 0.119 e. The highest BCUT2D eigenvalue weighted by atomic mass is 16.5. The highest BCUT2D eigenvalue weighted by Crippen LogP contribution is 2.38. The molecule has 1 saturated carbocycles. The molecule has 0 radical (unpaired) electrons. The van der Waals surface area contributed by atoms with Crippen molar-refractivity contribution in [1.82, 2.24) is 0 Å². The molecular weight excluding hydrogens is 284 g/mol. The first-order valence-electron chi connectivity index (χ1n) is 9.53. The topological polar surface area (TPSA) is 29.5 Å². The Morgan fingerprint density at radius 2 is 1.74 bits per heavy atom. The molecule has 130 valence electrons. The molecule has 0 aliphatic heterocycles. The van der Waals surface area contributed by atoms with Gasteiger partial charge in [-0.15, -0.1) is 0 Å². The van der Waals surface area contributed by atoms with E-state index >= 15 is 0 Å². The third kappa shape index (κ3) is 6.18. The van der Waals surface area contributed by atoms with Crippen LogP contribution in [-0.4, -0.2) is 17.3 Å². The predicted molar refractivity (Wildman–Crippen MR) is 97.1 cm³/mol. The van der Waals surface area contributed by atoms with Crippen molar-refractivity contribution in [3.63, 3.8) is 0 Å². The van der Waals surface area contributed by atoms with Crippen LogP contribution in [0.4, 0.5) is 0 Å². The molecule has 0 saturated heterocycles. The SMILES string of the molecule is CCCCC1CCC(c2ccc(OC(C)CC(C)O)cc2)CC1. The average molecular weight is 319 g/mol. The van der Waals surface area contributed by atoms with E-state index in [9.17, 15) is 5.11 Å². The zero-order valence-electron chi connectivity index (χ0n) is 15.1. The smallest absolute Gasteiger partial charge is 0.119 e. The highest BCUT2D eigenvalue weighted by molar-refractivity contribution is 5.29. The Balaban J connectivity index is 1.81. The van der Waals surface area contributed by atoms with Crippen molar-refractivity contribution in [2.24, 2.45) is 5.92 Å². The van der Waals surface area contributed by atoms with E-state index in [-0.39, 0.29) is 12.2 Å². The molecule has 1 N–H and O–H groups in total. The van der Waals surface area contributed by atoms with Crippen LogP contribution in [0.15, 0.2) is 24.3 Å². The van der Waals surface area contributed by atoms with E-state index in [0.717, 1.165) is 17.6 Å². The summed E-state index contributed by atoms with van der Waals surface area (Å²) in [5, 5.41) is 9.41. The van der Waals surface area contributed by atoms with E-state index < -0.39 is 0 Å². The van der Waals surface area contributed by atoms with Crippen LogP contribution in [0.5, 0.6) is 5.75 Å². The predicted octanol–water partition coefficient (Wildman–Crippen LogP) is 5.69. The Morgan fingerprint density at radius 3 is 2.30 bits per heavy atom. The molecule has 1 fully saturated rings. The molecule has 1 aromatic carbocycles. The van der Waals surface area contributed by atoms with E-state index in [1.165, 1.54) is 50.5 Å². The van der Waals surface area contributed by atoms with Crippen LogP contribution < -0.4 is 4.74 Å². The fraction of sp³-hybridized carbons (Fsp3) is 0.714. The van der Waals surface area contributed by atoms with Crippen molar-refractivity contribution in [2.75, 3.05) is 0 Å². The molecule has 23 heavy (non-hydrogen) atoms. The minimum atomic E-state index is -0.313. The second kappa shape index (κ2) is 9.32. The van der Waals surface area contributed by atoms with Gasteiger partial charge in [0.15, 0.2) is 0 Å². The van der Waals surface area contributed by atoms with Gasteiger partial charge in [0, 0.05) is 6.42 Å². The van der Waals surface area contributed by atoms with Gasteiger partial charge in [-0.1, -0.05) is 38.3 Å². The van der Waals surface area contributed by atoms with Crippen LogP contribution in [0.2, 0.25) is 0 Å². The van der Waals surface area contributed by atoms with E-state index in [1.54, 1.807) is 6.92 Å². The van der Waals surface area contributed by atoms with E-state index in [4.69, 9.17) is 4.74 Å². The van der Waals surface area contributed by atoms with Gasteiger partial charge in [0.2, 0.25) is 0 Å². The number of aliphatic hydroxyl groups is 1. The van der Waals surface area contributed by atoms with Gasteiger partial charge in [-0.05, 0) is 69.1 Å². The zero-order valence-corrected chi connectivity index (χ0v) is 15.1. The number of hydrogen-bond acceptors (Lipinski definition) is 2. The molecule has 1 aromatic rings. The molecule has 2 atom stereocenters. The second-order valence-electron chi connectivity index (χ2n) is 7.44. The molecule has 0 bridgehead atoms. The average Bonchev–Trinajstić information content (AvgIpc) is 2.53. The first-order valence-corrected chi connectivity index (χ1v) is 9.53. The third-order valence-corrected chi connectivity index (χ3v) is 5.17. The van der Waals surface area contributed by atoms with Gasteiger partial charge in [-0.3, -0.25) is 0 Å². The monoisotopic (exact) mass is 318 g/mol. The maximum atomic E-state index is 9.41. The lowest BCUT2D eigenvalue weighted by Crippen LogP contribution is -2.18. The van der Waals surface area contributed by atoms with Crippen molar-refractivity contribution in [3.8, 4) is 5.75 Å². The number of ether oxygens (including phenoxy) is 1. The van der Waals surface area contributed by atoms with Gasteiger partial charge in [0.1, 0.15) is 5.75 Å². The molecule has 2 rings (SSSR count). The van der Waals surface area contributed by atoms with Crippen molar-refractivity contribution in [3.05, 3.63) is 29.8 Å². The Morgan fingerprint density at radius 1 is 1.09 bits per heavy atom. The zero-order chi connectivity index (χ0) is 16.7. The summed E-state index contributed by atoms with van der Waals surface area (Å²) in [5.74, 6) is 2.62. The van der Waals surface area contributed by atoms with Crippen molar-refractivity contribution in [1.29, 1.82) is 0 Å². The van der Waals surface area contributed by atoms with Gasteiger partial charge in [0.05, 0.1) is 12.2 Å². The van der Waals surface area contributed by atoms with Crippen LogP contribution >= 0.6 is 0 Å². The third-order valence-electron chi connectivity index (χ3n) is 5.17. The summed E-state index contributed by atoms with van der Waals surface area (Å²) < 4.78 is 5.87.